The Morgan fingerprint density at radius 3 is 2.64 bits per heavy atom. The number of nitrogens with zero attached hydrogens (tertiary/aromatic N) is 2. The Balaban J connectivity index is 1.52. The molecule has 0 atom stereocenters. The fraction of sp³-hybridized carbons (Fsp3) is 0.0526. The highest BCUT2D eigenvalue weighted by atomic mass is 35.5. The van der Waals surface area contributed by atoms with Crippen LogP contribution in [-0.2, 0) is 6.54 Å². The molecule has 0 unspecified atom stereocenters. The first-order valence-corrected chi connectivity index (χ1v) is 9.81. The first-order chi connectivity index (χ1) is 12.3. The van der Waals surface area contributed by atoms with E-state index < -0.39 is 0 Å². The van der Waals surface area contributed by atoms with Gasteiger partial charge in [0, 0.05) is 33.3 Å². The van der Waals surface area contributed by atoms with Crippen LogP contribution in [0.1, 0.15) is 4.88 Å². The molecule has 0 saturated heterocycles. The zero-order valence-corrected chi connectivity index (χ0v) is 15.5. The van der Waals surface area contributed by atoms with Gasteiger partial charge in [-0.2, -0.15) is 0 Å². The zero-order valence-electron chi connectivity index (χ0n) is 13.1. The van der Waals surface area contributed by atoms with Crippen LogP contribution >= 0.6 is 34.3 Å². The summed E-state index contributed by atoms with van der Waals surface area (Å²) in [6.07, 6.45) is 1.80. The summed E-state index contributed by atoms with van der Waals surface area (Å²) in [7, 11) is 0. The number of hydrogen-bond acceptors (Lipinski definition) is 5. The van der Waals surface area contributed by atoms with Crippen molar-refractivity contribution in [3.63, 3.8) is 0 Å². The molecule has 25 heavy (non-hydrogen) atoms. The molecule has 2 heterocycles. The van der Waals surface area contributed by atoms with Gasteiger partial charge in [0.15, 0.2) is 4.47 Å². The van der Waals surface area contributed by atoms with Gasteiger partial charge < -0.3 is 5.32 Å². The minimum absolute atomic E-state index is 0.571. The van der Waals surface area contributed by atoms with E-state index in [0.29, 0.717) is 11.0 Å². The molecule has 1 N–H and O–H groups in total. The van der Waals surface area contributed by atoms with E-state index in [-0.39, 0.29) is 0 Å². The van der Waals surface area contributed by atoms with Gasteiger partial charge in [-0.05, 0) is 12.1 Å². The Morgan fingerprint density at radius 1 is 1.00 bits per heavy atom. The molecule has 0 bridgehead atoms. The highest BCUT2D eigenvalue weighted by Gasteiger charge is 2.07. The molecule has 4 rings (SSSR count). The van der Waals surface area contributed by atoms with Gasteiger partial charge in [0.2, 0.25) is 0 Å². The normalized spacial score (nSPS) is 10.8. The van der Waals surface area contributed by atoms with Crippen LogP contribution < -0.4 is 5.32 Å². The van der Waals surface area contributed by atoms with Crippen molar-refractivity contribution in [2.75, 3.05) is 5.32 Å². The van der Waals surface area contributed by atoms with Crippen LogP contribution in [-0.4, -0.2) is 9.97 Å². The molecule has 4 aromatic rings. The summed E-state index contributed by atoms with van der Waals surface area (Å²) in [5.41, 5.74) is 4.30. The molecule has 0 radical (unpaired) electrons. The summed E-state index contributed by atoms with van der Waals surface area (Å²) in [5, 5.41) is 6.55. The summed E-state index contributed by atoms with van der Waals surface area (Å²) in [5.74, 6) is 0. The summed E-state index contributed by atoms with van der Waals surface area (Å²) in [6.45, 7) is 0.709. The van der Waals surface area contributed by atoms with Crippen molar-refractivity contribution < 1.29 is 0 Å². The molecule has 2 aromatic carbocycles. The lowest BCUT2D eigenvalue weighted by molar-refractivity contribution is 1.17. The number of aromatic nitrogens is 2. The maximum absolute atomic E-state index is 5.87. The third kappa shape index (κ3) is 3.90. The van der Waals surface area contributed by atoms with Gasteiger partial charge in [-0.15, -0.1) is 22.7 Å². The van der Waals surface area contributed by atoms with E-state index in [1.54, 1.807) is 17.5 Å². The van der Waals surface area contributed by atoms with Crippen molar-refractivity contribution >= 4 is 40.0 Å². The first-order valence-electron chi connectivity index (χ1n) is 7.73. The molecule has 0 amide bonds. The van der Waals surface area contributed by atoms with Gasteiger partial charge in [0.25, 0.3) is 0 Å². The lowest BCUT2D eigenvalue weighted by Gasteiger charge is -2.06. The van der Waals surface area contributed by atoms with Crippen LogP contribution in [0.3, 0.4) is 0 Å². The molecule has 0 aliphatic rings. The second kappa shape index (κ2) is 7.35. The predicted molar refractivity (Wildman–Crippen MR) is 107 cm³/mol. The Morgan fingerprint density at radius 2 is 1.84 bits per heavy atom. The number of benzene rings is 2. The third-order valence-electron chi connectivity index (χ3n) is 3.68. The smallest absolute Gasteiger partial charge is 0.183 e. The standard InChI is InChI=1S/C19H14ClN3S2/c20-19-22-11-16(25-19)10-21-15-8-4-7-14(9-15)17-12-24-18(23-17)13-5-2-1-3-6-13/h1-9,11-12,21H,10H2. The Kier molecular flexibility index (Phi) is 4.78. The molecule has 0 fully saturated rings. The average molecular weight is 384 g/mol. The monoisotopic (exact) mass is 383 g/mol. The maximum Gasteiger partial charge on any atom is 0.183 e. The van der Waals surface area contributed by atoms with Crippen molar-refractivity contribution in [3.05, 3.63) is 75.5 Å². The van der Waals surface area contributed by atoms with E-state index in [2.05, 4.69) is 46.0 Å². The van der Waals surface area contributed by atoms with Crippen LogP contribution in [0.5, 0.6) is 0 Å². The second-order valence-electron chi connectivity index (χ2n) is 5.42. The maximum atomic E-state index is 5.87. The van der Waals surface area contributed by atoms with Crippen molar-refractivity contribution in [3.8, 4) is 21.8 Å². The van der Waals surface area contributed by atoms with Crippen LogP contribution in [0.25, 0.3) is 21.8 Å². The number of hydrogen-bond donors (Lipinski definition) is 1. The highest BCUT2D eigenvalue weighted by Crippen LogP contribution is 2.30. The Labute approximate surface area is 159 Å². The fourth-order valence-electron chi connectivity index (χ4n) is 2.46. The minimum Gasteiger partial charge on any atom is -0.380 e. The average Bonchev–Trinajstić information content (AvgIpc) is 3.30. The third-order valence-corrected chi connectivity index (χ3v) is 5.68. The minimum atomic E-state index is 0.571. The van der Waals surface area contributed by atoms with Crippen molar-refractivity contribution in [2.24, 2.45) is 0 Å². The summed E-state index contributed by atoms with van der Waals surface area (Å²) < 4.78 is 0.571. The molecule has 3 nitrogen and oxygen atoms in total. The quantitative estimate of drug-likeness (QED) is 0.446. The van der Waals surface area contributed by atoms with E-state index in [1.165, 1.54) is 11.3 Å². The number of nitrogens with one attached hydrogen (secondary N) is 1. The Bertz CT molecular complexity index is 979. The lowest BCUT2D eigenvalue weighted by Crippen LogP contribution is -1.97. The molecule has 0 aliphatic carbocycles. The lowest BCUT2D eigenvalue weighted by atomic mass is 10.1. The topological polar surface area (TPSA) is 37.8 Å². The van der Waals surface area contributed by atoms with Crippen LogP contribution in [0.15, 0.2) is 66.2 Å². The molecule has 0 saturated carbocycles. The van der Waals surface area contributed by atoms with Gasteiger partial charge in [-0.25, -0.2) is 9.97 Å². The van der Waals surface area contributed by atoms with Crippen molar-refractivity contribution in [2.45, 2.75) is 6.54 Å². The van der Waals surface area contributed by atoms with E-state index in [0.717, 1.165) is 32.4 Å². The summed E-state index contributed by atoms with van der Waals surface area (Å²) >= 11 is 9.03. The molecule has 0 aliphatic heterocycles. The summed E-state index contributed by atoms with van der Waals surface area (Å²) in [4.78, 5) is 9.95. The molecular formula is C19H14ClN3S2. The second-order valence-corrected chi connectivity index (χ2v) is 7.97. The predicted octanol–water partition coefficient (Wildman–Crippen LogP) is 6.20. The summed E-state index contributed by atoms with van der Waals surface area (Å²) in [6, 6.07) is 18.5. The van der Waals surface area contributed by atoms with Crippen molar-refractivity contribution in [1.82, 2.24) is 9.97 Å². The highest BCUT2D eigenvalue weighted by molar-refractivity contribution is 7.15. The number of rotatable bonds is 5. The Hall–Kier alpha value is -2.21. The van der Waals surface area contributed by atoms with E-state index >= 15 is 0 Å². The van der Waals surface area contributed by atoms with Crippen molar-refractivity contribution in [1.29, 1.82) is 0 Å². The van der Waals surface area contributed by atoms with E-state index in [4.69, 9.17) is 16.6 Å². The van der Waals surface area contributed by atoms with Crippen LogP contribution in [0.2, 0.25) is 4.47 Å². The van der Waals surface area contributed by atoms with Gasteiger partial charge in [-0.3, -0.25) is 0 Å². The number of thiazole rings is 2. The fourth-order valence-corrected chi connectivity index (χ4v) is 4.22. The molecule has 0 spiro atoms. The van der Waals surface area contributed by atoms with Gasteiger partial charge in [0.05, 0.1) is 12.2 Å². The molecular weight excluding hydrogens is 370 g/mol. The number of anilines is 1. The van der Waals surface area contributed by atoms with Gasteiger partial charge in [0.1, 0.15) is 5.01 Å². The number of halogens is 1. The first kappa shape index (κ1) is 16.3. The van der Waals surface area contributed by atoms with Crippen LogP contribution in [0, 0.1) is 0 Å². The molecule has 124 valence electrons. The van der Waals surface area contributed by atoms with Gasteiger partial charge >= 0.3 is 0 Å². The van der Waals surface area contributed by atoms with Crippen LogP contribution in [0.4, 0.5) is 5.69 Å². The molecule has 2 aromatic heterocycles. The zero-order chi connectivity index (χ0) is 17.1. The van der Waals surface area contributed by atoms with Gasteiger partial charge in [-0.1, -0.05) is 54.1 Å². The largest absolute Gasteiger partial charge is 0.380 e. The van der Waals surface area contributed by atoms with E-state index in [9.17, 15) is 0 Å². The molecule has 6 heteroatoms. The van der Waals surface area contributed by atoms with E-state index in [1.807, 2.05) is 24.3 Å². The SMILES string of the molecule is Clc1ncc(CNc2cccc(-c3csc(-c4ccccc4)n3)c2)s1.